The molecule has 4 aromatic rings. The van der Waals surface area contributed by atoms with E-state index in [0.29, 0.717) is 46.5 Å². The molecule has 3 aromatic carbocycles. The Kier molecular flexibility index (Phi) is 8.33. The smallest absolute Gasteiger partial charge is 0.299 e. The molecule has 0 radical (unpaired) electrons. The third kappa shape index (κ3) is 6.11. The summed E-state index contributed by atoms with van der Waals surface area (Å²) in [4.78, 5) is 31.2. The molecule has 0 bridgehead atoms. The molecule has 0 unspecified atom stereocenters. The van der Waals surface area contributed by atoms with Gasteiger partial charge in [-0.3, -0.25) is 9.59 Å². The number of carbonyl (C=O) groups is 1. The number of likely N-dealkylation sites (N-methyl/N-ethyl adjacent to an activating group) is 1. The van der Waals surface area contributed by atoms with Crippen LogP contribution < -0.4 is 20.3 Å². The molecule has 1 aliphatic heterocycles. The lowest BCUT2D eigenvalue weighted by molar-refractivity contribution is 0.0643. The molecule has 1 aliphatic rings. The number of piperazine rings is 1. The van der Waals surface area contributed by atoms with Crippen LogP contribution in [0.1, 0.15) is 17.3 Å². The molecule has 10 heteroatoms. The highest BCUT2D eigenvalue weighted by molar-refractivity contribution is 6.30. The van der Waals surface area contributed by atoms with E-state index in [4.69, 9.17) is 21.1 Å². The average molecular weight is 560 g/mol. The zero-order chi connectivity index (χ0) is 28.1. The summed E-state index contributed by atoms with van der Waals surface area (Å²) in [5.74, 6) is 1.36. The van der Waals surface area contributed by atoms with E-state index in [2.05, 4.69) is 22.2 Å². The van der Waals surface area contributed by atoms with Crippen molar-refractivity contribution in [3.8, 4) is 22.9 Å². The third-order valence-electron chi connectivity index (χ3n) is 6.77. The zero-order valence-corrected chi connectivity index (χ0v) is 23.1. The van der Waals surface area contributed by atoms with Crippen LogP contribution in [0, 0.1) is 0 Å². The van der Waals surface area contributed by atoms with Crippen molar-refractivity contribution in [3.63, 3.8) is 0 Å². The van der Waals surface area contributed by atoms with Gasteiger partial charge in [0.15, 0.2) is 11.4 Å². The number of methoxy groups -OCH3 is 1. The molecule has 1 fully saturated rings. The topological polar surface area (TPSA) is 88.9 Å². The molecule has 1 amide bonds. The first-order valence-corrected chi connectivity index (χ1v) is 13.4. The van der Waals surface area contributed by atoms with E-state index in [1.165, 1.54) is 10.9 Å². The first-order chi connectivity index (χ1) is 19.4. The summed E-state index contributed by atoms with van der Waals surface area (Å²) in [6, 6.07) is 21.0. The molecule has 1 saturated heterocycles. The Bertz CT molecular complexity index is 1550. The summed E-state index contributed by atoms with van der Waals surface area (Å²) in [5.41, 5.74) is 1.33. The molecule has 0 spiro atoms. The Balaban J connectivity index is 1.48. The fourth-order valence-electron chi connectivity index (χ4n) is 4.52. The van der Waals surface area contributed by atoms with E-state index in [1.807, 2.05) is 4.90 Å². The number of carbonyl (C=O) groups excluding carboxylic acids is 1. The molecule has 40 heavy (non-hydrogen) atoms. The molecular formula is C30H30ClN5O4. The number of ether oxygens (including phenoxy) is 2. The second kappa shape index (κ2) is 12.2. The number of aromatic nitrogens is 2. The second-order valence-corrected chi connectivity index (χ2v) is 9.73. The Morgan fingerprint density at radius 1 is 0.975 bits per heavy atom. The minimum atomic E-state index is -0.444. The summed E-state index contributed by atoms with van der Waals surface area (Å²) < 4.78 is 12.5. The number of rotatable bonds is 8. The number of benzene rings is 3. The summed E-state index contributed by atoms with van der Waals surface area (Å²) in [5, 5.41) is 8.00. The molecule has 1 aromatic heterocycles. The number of halogens is 1. The maximum absolute atomic E-state index is 13.7. The van der Waals surface area contributed by atoms with E-state index in [9.17, 15) is 9.59 Å². The van der Waals surface area contributed by atoms with Gasteiger partial charge >= 0.3 is 0 Å². The van der Waals surface area contributed by atoms with Gasteiger partial charge in [-0.05, 0) is 67.2 Å². The summed E-state index contributed by atoms with van der Waals surface area (Å²) in [6.45, 7) is 6.16. The van der Waals surface area contributed by atoms with Crippen LogP contribution >= 0.6 is 11.6 Å². The number of nitrogens with one attached hydrogen (secondary N) is 1. The van der Waals surface area contributed by atoms with Gasteiger partial charge in [-0.25, -0.2) is 0 Å². The normalized spacial score (nSPS) is 13.6. The van der Waals surface area contributed by atoms with E-state index in [-0.39, 0.29) is 17.3 Å². The molecule has 5 rings (SSSR count). The average Bonchev–Trinajstić information content (AvgIpc) is 2.99. The third-order valence-corrected chi connectivity index (χ3v) is 7.00. The highest BCUT2D eigenvalue weighted by atomic mass is 35.5. The highest BCUT2D eigenvalue weighted by Gasteiger charge is 2.22. The van der Waals surface area contributed by atoms with Crippen LogP contribution in [0.2, 0.25) is 5.02 Å². The van der Waals surface area contributed by atoms with E-state index >= 15 is 0 Å². The summed E-state index contributed by atoms with van der Waals surface area (Å²) >= 11 is 6.18. The standard InChI is InChI=1S/C30H30ClN5O4/c1-3-34-14-16-35(17-15-34)29(37)21-6-4-8-23(18-21)33-28-27(40-26-12-10-25(39-2)11-13-26)20-32-36(30(28)38)24-9-5-7-22(31)19-24/h4-13,18-20,33H,3,14-17H2,1-2H3. The number of hydrogen-bond acceptors (Lipinski definition) is 7. The fraction of sp³-hybridized carbons (Fsp3) is 0.233. The van der Waals surface area contributed by atoms with Crippen LogP contribution in [-0.4, -0.2) is 65.3 Å². The predicted octanol–water partition coefficient (Wildman–Crippen LogP) is 5.21. The van der Waals surface area contributed by atoms with Crippen molar-refractivity contribution < 1.29 is 14.3 Å². The molecule has 9 nitrogen and oxygen atoms in total. The first kappa shape index (κ1) is 27.2. The molecule has 0 aliphatic carbocycles. The monoisotopic (exact) mass is 559 g/mol. The number of amides is 1. The minimum absolute atomic E-state index is 0.0415. The van der Waals surface area contributed by atoms with Crippen molar-refractivity contribution in [1.29, 1.82) is 0 Å². The quantitative estimate of drug-likeness (QED) is 0.317. The van der Waals surface area contributed by atoms with Crippen molar-refractivity contribution in [2.24, 2.45) is 0 Å². The van der Waals surface area contributed by atoms with Crippen LogP contribution in [0.4, 0.5) is 11.4 Å². The molecule has 206 valence electrons. The van der Waals surface area contributed by atoms with Gasteiger partial charge in [0.05, 0.1) is 19.0 Å². The Morgan fingerprint density at radius 3 is 2.40 bits per heavy atom. The summed E-state index contributed by atoms with van der Waals surface area (Å²) in [7, 11) is 1.58. The first-order valence-electron chi connectivity index (χ1n) is 13.0. The van der Waals surface area contributed by atoms with Crippen LogP contribution in [0.5, 0.6) is 17.2 Å². The van der Waals surface area contributed by atoms with E-state index in [0.717, 1.165) is 19.6 Å². The van der Waals surface area contributed by atoms with Crippen LogP contribution in [0.3, 0.4) is 0 Å². The second-order valence-electron chi connectivity index (χ2n) is 9.29. The van der Waals surface area contributed by atoms with Crippen molar-refractivity contribution >= 4 is 28.9 Å². The van der Waals surface area contributed by atoms with Gasteiger partial charge in [0, 0.05) is 42.5 Å². The molecule has 0 atom stereocenters. The van der Waals surface area contributed by atoms with Crippen molar-refractivity contribution in [3.05, 3.63) is 99.9 Å². The van der Waals surface area contributed by atoms with E-state index < -0.39 is 5.56 Å². The van der Waals surface area contributed by atoms with Gasteiger partial charge in [-0.15, -0.1) is 0 Å². The van der Waals surface area contributed by atoms with Crippen molar-refractivity contribution in [1.82, 2.24) is 19.6 Å². The molecule has 2 heterocycles. The van der Waals surface area contributed by atoms with Crippen LogP contribution in [0.15, 0.2) is 83.8 Å². The number of anilines is 2. The fourth-order valence-corrected chi connectivity index (χ4v) is 4.70. The van der Waals surface area contributed by atoms with Gasteiger partial charge in [-0.1, -0.05) is 30.7 Å². The van der Waals surface area contributed by atoms with Crippen molar-refractivity contribution in [2.75, 3.05) is 45.2 Å². The van der Waals surface area contributed by atoms with Gasteiger partial charge in [0.25, 0.3) is 11.5 Å². The van der Waals surface area contributed by atoms with Crippen LogP contribution in [0.25, 0.3) is 5.69 Å². The Morgan fingerprint density at radius 2 is 1.70 bits per heavy atom. The maximum Gasteiger partial charge on any atom is 0.299 e. The molecule has 0 saturated carbocycles. The van der Waals surface area contributed by atoms with Gasteiger partial charge in [0.2, 0.25) is 0 Å². The molecular weight excluding hydrogens is 530 g/mol. The van der Waals surface area contributed by atoms with Gasteiger partial charge < -0.3 is 24.6 Å². The van der Waals surface area contributed by atoms with Crippen molar-refractivity contribution in [2.45, 2.75) is 6.92 Å². The number of hydrogen-bond donors (Lipinski definition) is 1. The Labute approximate surface area is 237 Å². The largest absolute Gasteiger partial charge is 0.497 e. The van der Waals surface area contributed by atoms with Gasteiger partial charge in [-0.2, -0.15) is 9.78 Å². The lowest BCUT2D eigenvalue weighted by atomic mass is 10.1. The lowest BCUT2D eigenvalue weighted by Crippen LogP contribution is -2.48. The number of nitrogens with zero attached hydrogens (tertiary/aromatic N) is 4. The van der Waals surface area contributed by atoms with E-state index in [1.54, 1.807) is 79.9 Å². The SMILES string of the molecule is CCN1CCN(C(=O)c2cccc(Nc3c(Oc4ccc(OC)cc4)cnn(-c4cccc(Cl)c4)c3=O)c2)CC1. The zero-order valence-electron chi connectivity index (χ0n) is 22.3. The maximum atomic E-state index is 13.7. The summed E-state index contributed by atoms with van der Waals surface area (Å²) in [6.07, 6.45) is 1.47. The minimum Gasteiger partial charge on any atom is -0.497 e. The lowest BCUT2D eigenvalue weighted by Gasteiger charge is -2.34. The molecule has 1 N–H and O–H groups in total. The van der Waals surface area contributed by atoms with Gasteiger partial charge in [0.1, 0.15) is 11.5 Å². The predicted molar refractivity (Wildman–Crippen MR) is 156 cm³/mol. The van der Waals surface area contributed by atoms with Crippen LogP contribution in [-0.2, 0) is 0 Å². The Hall–Kier alpha value is -4.34. The highest BCUT2D eigenvalue weighted by Crippen LogP contribution is 2.30.